The van der Waals surface area contributed by atoms with Crippen molar-refractivity contribution in [2.45, 2.75) is 46.8 Å². The molecule has 0 aliphatic carbocycles. The van der Waals surface area contributed by atoms with Gasteiger partial charge in [0.15, 0.2) is 0 Å². The number of aromatic amines is 1. The number of H-pyrrole nitrogens is 1. The van der Waals surface area contributed by atoms with Crippen molar-refractivity contribution in [2.24, 2.45) is 0 Å². The van der Waals surface area contributed by atoms with E-state index in [0.717, 1.165) is 28.0 Å². The highest BCUT2D eigenvalue weighted by Crippen LogP contribution is 2.28. The molecule has 1 unspecified atom stereocenters. The van der Waals surface area contributed by atoms with Gasteiger partial charge >= 0.3 is 0 Å². The Balaban J connectivity index is 1.67. The van der Waals surface area contributed by atoms with Crippen LogP contribution in [0.2, 0.25) is 0 Å². The molecule has 0 saturated carbocycles. The molecule has 0 fully saturated rings. The number of rotatable bonds is 6. The third kappa shape index (κ3) is 3.88. The predicted octanol–water partition coefficient (Wildman–Crippen LogP) is 3.04. The van der Waals surface area contributed by atoms with E-state index in [2.05, 4.69) is 31.9 Å². The van der Waals surface area contributed by atoms with Gasteiger partial charge < -0.3 is 14.9 Å². The number of nitrogens with one attached hydrogen (secondary N) is 2. The number of hydrogen-bond acceptors (Lipinski definition) is 4. The van der Waals surface area contributed by atoms with Gasteiger partial charge in [0.25, 0.3) is 11.5 Å². The van der Waals surface area contributed by atoms with Crippen molar-refractivity contribution in [3.8, 4) is 0 Å². The van der Waals surface area contributed by atoms with Crippen LogP contribution in [0.1, 0.15) is 45.8 Å². The first-order chi connectivity index (χ1) is 14.9. The van der Waals surface area contributed by atoms with E-state index < -0.39 is 0 Å². The number of carbonyl (C=O) groups is 1. The summed E-state index contributed by atoms with van der Waals surface area (Å²) >= 11 is 0. The van der Waals surface area contributed by atoms with Crippen molar-refractivity contribution >= 4 is 16.9 Å². The summed E-state index contributed by atoms with van der Waals surface area (Å²) in [6.07, 6.45) is 5.40. The molecule has 4 rings (SSSR count). The Kier molecular flexibility index (Phi) is 5.46. The van der Waals surface area contributed by atoms with Gasteiger partial charge in [-0.3, -0.25) is 14.3 Å². The van der Waals surface area contributed by atoms with Crippen molar-refractivity contribution in [3.63, 3.8) is 0 Å². The zero-order valence-electron chi connectivity index (χ0n) is 18.1. The topological polar surface area (TPSA) is 97.6 Å². The van der Waals surface area contributed by atoms with Crippen molar-refractivity contribution in [1.82, 2.24) is 29.6 Å². The van der Waals surface area contributed by atoms with Gasteiger partial charge in [-0.05, 0) is 57.5 Å². The second-order valence-electron chi connectivity index (χ2n) is 7.91. The van der Waals surface area contributed by atoms with Crippen LogP contribution < -0.4 is 10.9 Å². The van der Waals surface area contributed by atoms with Crippen LogP contribution in [0.15, 0.2) is 47.7 Å². The summed E-state index contributed by atoms with van der Waals surface area (Å²) in [6.45, 7) is 8.55. The molecule has 0 aliphatic rings. The molecule has 2 N–H and O–H groups in total. The average Bonchev–Trinajstić information content (AvgIpc) is 3.31. The second-order valence-corrected chi connectivity index (χ2v) is 7.91. The molecule has 0 bridgehead atoms. The molecule has 4 heterocycles. The number of pyridine rings is 2. The van der Waals surface area contributed by atoms with Crippen LogP contribution in [0, 0.1) is 20.8 Å². The number of nitrogens with zero attached hydrogens (tertiary/aromatic N) is 4. The fraction of sp³-hybridized carbons (Fsp3) is 0.304. The van der Waals surface area contributed by atoms with Gasteiger partial charge in [-0.2, -0.15) is 5.10 Å². The molecule has 4 aromatic heterocycles. The smallest absolute Gasteiger partial charge is 0.254 e. The van der Waals surface area contributed by atoms with Crippen LogP contribution in [0.4, 0.5) is 0 Å². The van der Waals surface area contributed by atoms with E-state index in [0.29, 0.717) is 17.7 Å². The SMILES string of the molecule is Cc1cc(C)c(CNC(=O)c2c(C)n(C(C)Cn3cccn3)c3ncccc23)c(=O)[nH]1. The van der Waals surface area contributed by atoms with Crippen LogP contribution in [0.5, 0.6) is 0 Å². The Hall–Kier alpha value is -3.68. The molecule has 0 radical (unpaired) electrons. The fourth-order valence-corrected chi connectivity index (χ4v) is 4.20. The van der Waals surface area contributed by atoms with E-state index in [-0.39, 0.29) is 24.1 Å². The minimum atomic E-state index is -0.222. The van der Waals surface area contributed by atoms with E-state index in [9.17, 15) is 9.59 Å². The zero-order chi connectivity index (χ0) is 22.1. The number of fused-ring (bicyclic) bond motifs is 1. The van der Waals surface area contributed by atoms with Crippen LogP contribution in [-0.2, 0) is 13.1 Å². The summed E-state index contributed by atoms with van der Waals surface area (Å²) < 4.78 is 3.95. The molecule has 8 heteroatoms. The molecular weight excluding hydrogens is 392 g/mol. The quantitative estimate of drug-likeness (QED) is 0.503. The van der Waals surface area contributed by atoms with Crippen molar-refractivity contribution in [1.29, 1.82) is 0 Å². The Bertz CT molecular complexity index is 1300. The fourth-order valence-electron chi connectivity index (χ4n) is 4.20. The molecule has 0 aliphatic heterocycles. The van der Waals surface area contributed by atoms with E-state index in [4.69, 9.17) is 0 Å². The van der Waals surface area contributed by atoms with E-state index in [1.807, 2.05) is 55.9 Å². The van der Waals surface area contributed by atoms with Gasteiger partial charge in [0.05, 0.1) is 18.2 Å². The highest BCUT2D eigenvalue weighted by molar-refractivity contribution is 6.07. The van der Waals surface area contributed by atoms with Gasteiger partial charge in [-0.25, -0.2) is 4.98 Å². The lowest BCUT2D eigenvalue weighted by Gasteiger charge is -2.17. The Labute approximate surface area is 179 Å². The van der Waals surface area contributed by atoms with Gasteiger partial charge in [-0.1, -0.05) is 0 Å². The van der Waals surface area contributed by atoms with Crippen molar-refractivity contribution < 1.29 is 4.79 Å². The van der Waals surface area contributed by atoms with Crippen LogP contribution in [0.25, 0.3) is 11.0 Å². The first kappa shape index (κ1) is 20.6. The molecule has 0 spiro atoms. The van der Waals surface area contributed by atoms with Gasteiger partial charge in [0.2, 0.25) is 0 Å². The highest BCUT2D eigenvalue weighted by Gasteiger charge is 2.23. The maximum atomic E-state index is 13.2. The Morgan fingerprint density at radius 2 is 2.03 bits per heavy atom. The van der Waals surface area contributed by atoms with Crippen LogP contribution >= 0.6 is 0 Å². The zero-order valence-corrected chi connectivity index (χ0v) is 18.1. The number of amides is 1. The first-order valence-corrected chi connectivity index (χ1v) is 10.3. The summed E-state index contributed by atoms with van der Waals surface area (Å²) in [5.41, 5.74) is 4.21. The number of hydrogen-bond donors (Lipinski definition) is 2. The van der Waals surface area contributed by atoms with E-state index >= 15 is 0 Å². The highest BCUT2D eigenvalue weighted by atomic mass is 16.2. The first-order valence-electron chi connectivity index (χ1n) is 10.3. The third-order valence-corrected chi connectivity index (χ3v) is 5.61. The Morgan fingerprint density at radius 1 is 1.23 bits per heavy atom. The minimum Gasteiger partial charge on any atom is -0.348 e. The predicted molar refractivity (Wildman–Crippen MR) is 119 cm³/mol. The van der Waals surface area contributed by atoms with Gasteiger partial charge in [0.1, 0.15) is 5.65 Å². The van der Waals surface area contributed by atoms with E-state index in [1.165, 1.54) is 0 Å². The minimum absolute atomic E-state index is 0.0426. The molecule has 8 nitrogen and oxygen atoms in total. The molecule has 1 amide bonds. The standard InChI is InChI=1S/C23H26N6O2/c1-14-11-15(2)27-22(30)19(14)12-25-23(31)20-17(4)29(21-18(20)7-5-8-24-21)16(3)13-28-10-6-9-26-28/h5-11,16H,12-13H2,1-4H3,(H,25,31)(H,27,30). The normalized spacial score (nSPS) is 12.3. The monoisotopic (exact) mass is 418 g/mol. The molecular formula is C23H26N6O2. The number of aryl methyl sites for hydroxylation is 2. The molecule has 31 heavy (non-hydrogen) atoms. The molecule has 160 valence electrons. The lowest BCUT2D eigenvalue weighted by molar-refractivity contribution is 0.0951. The second kappa shape index (κ2) is 8.22. The molecule has 4 aromatic rings. The summed E-state index contributed by atoms with van der Waals surface area (Å²) in [5, 5.41) is 8.01. The Morgan fingerprint density at radius 3 is 2.74 bits per heavy atom. The van der Waals surface area contributed by atoms with Crippen LogP contribution in [0.3, 0.4) is 0 Å². The van der Waals surface area contributed by atoms with Crippen molar-refractivity contribution in [2.75, 3.05) is 0 Å². The summed E-state index contributed by atoms with van der Waals surface area (Å²) in [5.74, 6) is -0.222. The largest absolute Gasteiger partial charge is 0.348 e. The summed E-state index contributed by atoms with van der Waals surface area (Å²) in [6, 6.07) is 7.57. The van der Waals surface area contributed by atoms with Gasteiger partial charge in [-0.15, -0.1) is 0 Å². The number of aromatic nitrogens is 5. The number of carbonyl (C=O) groups excluding carboxylic acids is 1. The maximum Gasteiger partial charge on any atom is 0.254 e. The lowest BCUT2D eigenvalue weighted by atomic mass is 10.1. The molecule has 0 saturated heterocycles. The maximum absolute atomic E-state index is 13.2. The third-order valence-electron chi connectivity index (χ3n) is 5.61. The molecule has 0 aromatic carbocycles. The van der Waals surface area contributed by atoms with Gasteiger partial charge in [0, 0.05) is 47.5 Å². The summed E-state index contributed by atoms with van der Waals surface area (Å²) in [7, 11) is 0. The molecule has 1 atom stereocenters. The van der Waals surface area contributed by atoms with Crippen LogP contribution in [-0.4, -0.2) is 30.2 Å². The van der Waals surface area contributed by atoms with Crippen molar-refractivity contribution in [3.05, 3.63) is 81.3 Å². The average molecular weight is 419 g/mol. The summed E-state index contributed by atoms with van der Waals surface area (Å²) in [4.78, 5) is 32.9. The lowest BCUT2D eigenvalue weighted by Crippen LogP contribution is -2.28. The van der Waals surface area contributed by atoms with E-state index in [1.54, 1.807) is 12.4 Å².